The van der Waals surface area contributed by atoms with Crippen molar-refractivity contribution in [2.45, 2.75) is 39.3 Å². The van der Waals surface area contributed by atoms with Crippen LogP contribution < -0.4 is 15.7 Å². The van der Waals surface area contributed by atoms with Crippen molar-refractivity contribution in [3.8, 4) is 17.8 Å². The highest BCUT2D eigenvalue weighted by atomic mass is 35.5. The van der Waals surface area contributed by atoms with Crippen molar-refractivity contribution in [1.82, 2.24) is 24.3 Å². The van der Waals surface area contributed by atoms with Gasteiger partial charge in [0.15, 0.2) is 28.7 Å². The van der Waals surface area contributed by atoms with E-state index in [1.165, 1.54) is 0 Å². The molecule has 0 aliphatic heterocycles. The zero-order chi connectivity index (χ0) is 26.8. The summed E-state index contributed by atoms with van der Waals surface area (Å²) in [6, 6.07) is 3.40. The number of anilines is 1. The first-order chi connectivity index (χ1) is 16.9. The number of amides is 1. The van der Waals surface area contributed by atoms with Crippen LogP contribution in [0.2, 0.25) is 5.15 Å². The molecule has 0 aliphatic carbocycles. The summed E-state index contributed by atoms with van der Waals surface area (Å²) in [5, 5.41) is 24.1. The van der Waals surface area contributed by atoms with E-state index >= 15 is 4.39 Å². The molecule has 11 nitrogen and oxygen atoms in total. The molecule has 0 bridgehead atoms. The van der Waals surface area contributed by atoms with Gasteiger partial charge in [-0.3, -0.25) is 9.36 Å². The van der Waals surface area contributed by atoms with E-state index in [9.17, 15) is 27.9 Å². The van der Waals surface area contributed by atoms with E-state index in [-0.39, 0.29) is 28.8 Å². The minimum Gasteiger partial charge on any atom is -0.464 e. The number of aliphatic hydroxyl groups excluding tert-OH is 1. The molecule has 0 radical (unpaired) electrons. The lowest BCUT2D eigenvalue weighted by Gasteiger charge is -2.19. The number of pyridine rings is 2. The number of halogens is 5. The van der Waals surface area contributed by atoms with Gasteiger partial charge >= 0.3 is 11.9 Å². The average Bonchev–Trinajstić information content (AvgIpc) is 3.15. The van der Waals surface area contributed by atoms with Gasteiger partial charge in [0.05, 0.1) is 11.3 Å². The summed E-state index contributed by atoms with van der Waals surface area (Å²) in [4.78, 5) is 32.8. The summed E-state index contributed by atoms with van der Waals surface area (Å²) in [5.74, 6) is -4.50. The zero-order valence-electron chi connectivity index (χ0n) is 18.5. The van der Waals surface area contributed by atoms with Gasteiger partial charge in [0, 0.05) is 12.7 Å². The van der Waals surface area contributed by atoms with Crippen molar-refractivity contribution in [2.24, 2.45) is 0 Å². The van der Waals surface area contributed by atoms with Crippen LogP contribution in [0.1, 0.15) is 35.6 Å². The monoisotopic (exact) mass is 529 g/mol. The molecule has 1 amide bonds. The minimum absolute atomic E-state index is 0.00194. The van der Waals surface area contributed by atoms with Crippen LogP contribution in [0.3, 0.4) is 0 Å². The minimum atomic E-state index is -4.89. The van der Waals surface area contributed by atoms with Crippen LogP contribution in [0, 0.1) is 17.1 Å². The fraction of sp³-hybridized carbons (Fsp3) is 0.300. The Morgan fingerprint density at radius 1 is 1.39 bits per heavy atom. The highest BCUT2D eigenvalue weighted by molar-refractivity contribution is 6.32. The van der Waals surface area contributed by atoms with Crippen LogP contribution in [0.25, 0.3) is 5.82 Å². The van der Waals surface area contributed by atoms with Gasteiger partial charge in [0.2, 0.25) is 5.88 Å². The largest absolute Gasteiger partial charge is 0.464 e. The number of hydrogen-bond acceptors (Lipinski definition) is 8. The molecule has 0 aromatic carbocycles. The molecule has 0 fully saturated rings. The topological polar surface area (TPSA) is 148 Å². The third kappa shape index (κ3) is 5.29. The molecule has 3 heterocycles. The highest BCUT2D eigenvalue weighted by Crippen LogP contribution is 2.29. The standard InChI is InChI=1S/C20H16ClF4N7O4/c1-3-31-14(8-33)30-32(19(31)35)16-12(22)5-11(18(29-16)36-9(2)20(23,24)25)17(34)28-13-4-10(6-26)7-27-15(13)21/h4-5,7,9,33H,3,8H2,1-2H3,(H,28,34). The molecule has 16 heteroatoms. The number of aromatic nitrogens is 5. The summed E-state index contributed by atoms with van der Waals surface area (Å²) in [7, 11) is 0. The maximum Gasteiger partial charge on any atom is 0.425 e. The number of hydrogen-bond donors (Lipinski definition) is 2. The normalized spacial score (nSPS) is 12.2. The van der Waals surface area contributed by atoms with E-state index < -0.39 is 53.6 Å². The maximum atomic E-state index is 15.0. The summed E-state index contributed by atoms with van der Waals surface area (Å²) in [6.07, 6.45) is -6.26. The third-order valence-corrected chi connectivity index (χ3v) is 5.03. The van der Waals surface area contributed by atoms with Crippen LogP contribution in [0.15, 0.2) is 23.1 Å². The number of ether oxygens (including phenoxy) is 1. The molecule has 190 valence electrons. The summed E-state index contributed by atoms with van der Waals surface area (Å²) >= 11 is 5.89. The Morgan fingerprint density at radius 3 is 2.64 bits per heavy atom. The van der Waals surface area contributed by atoms with Gasteiger partial charge in [-0.05, 0) is 26.0 Å². The first kappa shape index (κ1) is 26.6. The molecule has 0 spiro atoms. The molecule has 1 atom stereocenters. The highest BCUT2D eigenvalue weighted by Gasteiger charge is 2.39. The van der Waals surface area contributed by atoms with Gasteiger partial charge in [-0.15, -0.1) is 5.10 Å². The second kappa shape index (κ2) is 10.3. The van der Waals surface area contributed by atoms with Crippen molar-refractivity contribution >= 4 is 23.2 Å². The van der Waals surface area contributed by atoms with E-state index in [2.05, 4.69) is 20.4 Å². The lowest BCUT2D eigenvalue weighted by molar-refractivity contribution is -0.190. The van der Waals surface area contributed by atoms with Crippen LogP contribution >= 0.6 is 11.6 Å². The summed E-state index contributed by atoms with van der Waals surface area (Å²) < 4.78 is 60.8. The van der Waals surface area contributed by atoms with Gasteiger partial charge < -0.3 is 15.2 Å². The molecule has 36 heavy (non-hydrogen) atoms. The van der Waals surface area contributed by atoms with Crippen molar-refractivity contribution < 1.29 is 32.2 Å². The molecule has 1 unspecified atom stereocenters. The zero-order valence-corrected chi connectivity index (χ0v) is 19.2. The SMILES string of the molecule is CCn1c(CO)nn(-c2nc(OC(C)C(F)(F)F)c(C(=O)Nc3cc(C#N)cnc3Cl)cc2F)c1=O. The van der Waals surface area contributed by atoms with E-state index in [0.717, 1.165) is 16.8 Å². The van der Waals surface area contributed by atoms with Crippen LogP contribution in [-0.2, 0) is 13.2 Å². The van der Waals surface area contributed by atoms with Gasteiger partial charge in [-0.2, -0.15) is 28.1 Å². The van der Waals surface area contributed by atoms with Gasteiger partial charge in [-0.25, -0.2) is 14.2 Å². The second-order valence-corrected chi connectivity index (χ2v) is 7.45. The molecule has 0 aliphatic rings. The maximum absolute atomic E-state index is 15.0. The number of aliphatic hydroxyl groups is 1. The Kier molecular flexibility index (Phi) is 7.60. The van der Waals surface area contributed by atoms with E-state index in [0.29, 0.717) is 17.7 Å². The molecular weight excluding hydrogens is 514 g/mol. The van der Waals surface area contributed by atoms with Gasteiger partial charge in [0.25, 0.3) is 5.91 Å². The molecule has 3 rings (SSSR count). The Labute approximate surface area is 204 Å². The quantitative estimate of drug-likeness (QED) is 0.350. The van der Waals surface area contributed by atoms with Gasteiger partial charge in [-0.1, -0.05) is 11.6 Å². The summed E-state index contributed by atoms with van der Waals surface area (Å²) in [6.45, 7) is 1.53. The number of rotatable bonds is 7. The predicted octanol–water partition coefficient (Wildman–Crippen LogP) is 2.58. The van der Waals surface area contributed by atoms with E-state index in [4.69, 9.17) is 21.6 Å². The van der Waals surface area contributed by atoms with Crippen LogP contribution in [-0.4, -0.2) is 47.6 Å². The molecule has 3 aromatic heterocycles. The fourth-order valence-electron chi connectivity index (χ4n) is 2.89. The molecule has 3 aromatic rings. The Bertz CT molecular complexity index is 1410. The fourth-order valence-corrected chi connectivity index (χ4v) is 3.04. The average molecular weight is 530 g/mol. The Balaban J connectivity index is 2.15. The van der Waals surface area contributed by atoms with Crippen molar-refractivity contribution in [3.63, 3.8) is 0 Å². The number of carbonyl (C=O) groups is 1. The summed E-state index contributed by atoms with van der Waals surface area (Å²) in [5.41, 5.74) is -1.91. The second-order valence-electron chi connectivity index (χ2n) is 7.09. The number of carbonyl (C=O) groups excluding carboxylic acids is 1. The third-order valence-electron chi connectivity index (χ3n) is 4.73. The van der Waals surface area contributed by atoms with Crippen LogP contribution in [0.4, 0.5) is 23.2 Å². The smallest absolute Gasteiger partial charge is 0.425 e. The molecule has 0 saturated carbocycles. The Hall–Kier alpha value is -4.03. The molecular formula is C20H16ClF4N7O4. The Morgan fingerprint density at radius 2 is 2.08 bits per heavy atom. The number of alkyl halides is 3. The number of nitrogens with zero attached hydrogens (tertiary/aromatic N) is 6. The first-order valence-electron chi connectivity index (χ1n) is 10.0. The van der Waals surface area contributed by atoms with Crippen molar-refractivity contribution in [3.05, 3.63) is 56.7 Å². The lowest BCUT2D eigenvalue weighted by Crippen LogP contribution is -2.33. The molecule has 2 N–H and O–H groups in total. The van der Waals surface area contributed by atoms with Crippen LogP contribution in [0.5, 0.6) is 5.88 Å². The lowest BCUT2D eigenvalue weighted by atomic mass is 10.2. The molecule has 0 saturated heterocycles. The van der Waals surface area contributed by atoms with E-state index in [1.54, 1.807) is 13.0 Å². The van der Waals surface area contributed by atoms with Crippen molar-refractivity contribution in [2.75, 3.05) is 5.32 Å². The van der Waals surface area contributed by atoms with Gasteiger partial charge in [0.1, 0.15) is 18.2 Å². The number of nitriles is 1. The van der Waals surface area contributed by atoms with E-state index in [1.807, 2.05) is 0 Å². The first-order valence-corrected chi connectivity index (χ1v) is 10.4. The predicted molar refractivity (Wildman–Crippen MR) is 115 cm³/mol. The number of nitrogens with one attached hydrogen (secondary N) is 1. The van der Waals surface area contributed by atoms with Crippen molar-refractivity contribution in [1.29, 1.82) is 5.26 Å².